The van der Waals surface area contributed by atoms with Gasteiger partial charge < -0.3 is 4.74 Å². The van der Waals surface area contributed by atoms with Gasteiger partial charge in [0, 0.05) is 17.7 Å². The number of nitrogens with zero attached hydrogens (tertiary/aromatic N) is 1. The standard InChI is InChI=1S/C11H15NO3/c1-4-8(2)10-7-9(12(13)14)5-6-11(10)15-3/h5-8H,4H2,1-3H3. The lowest BCUT2D eigenvalue weighted by Gasteiger charge is -2.13. The fourth-order valence-corrected chi connectivity index (χ4v) is 1.44. The summed E-state index contributed by atoms with van der Waals surface area (Å²) in [6, 6.07) is 4.71. The fourth-order valence-electron chi connectivity index (χ4n) is 1.44. The maximum atomic E-state index is 10.6. The molecular formula is C11H15NO3. The highest BCUT2D eigenvalue weighted by Crippen LogP contribution is 2.31. The van der Waals surface area contributed by atoms with Crippen LogP contribution in [0.25, 0.3) is 0 Å². The average molecular weight is 209 g/mol. The summed E-state index contributed by atoms with van der Waals surface area (Å²) in [4.78, 5) is 10.2. The minimum Gasteiger partial charge on any atom is -0.496 e. The number of non-ortho nitro benzene ring substituents is 1. The maximum absolute atomic E-state index is 10.6. The van der Waals surface area contributed by atoms with Crippen LogP contribution >= 0.6 is 0 Å². The van der Waals surface area contributed by atoms with E-state index in [0.717, 1.165) is 17.7 Å². The van der Waals surface area contributed by atoms with Gasteiger partial charge in [0.05, 0.1) is 12.0 Å². The third-order valence-electron chi connectivity index (χ3n) is 2.57. The van der Waals surface area contributed by atoms with Crippen LogP contribution in [0.2, 0.25) is 0 Å². The van der Waals surface area contributed by atoms with Crippen LogP contribution < -0.4 is 4.74 Å². The molecule has 0 radical (unpaired) electrons. The van der Waals surface area contributed by atoms with E-state index in [1.165, 1.54) is 6.07 Å². The van der Waals surface area contributed by atoms with E-state index in [2.05, 4.69) is 0 Å². The Morgan fingerprint density at radius 1 is 1.53 bits per heavy atom. The molecule has 1 aromatic rings. The summed E-state index contributed by atoms with van der Waals surface area (Å²) in [5.74, 6) is 0.981. The van der Waals surface area contributed by atoms with Crippen molar-refractivity contribution in [3.63, 3.8) is 0 Å². The smallest absolute Gasteiger partial charge is 0.269 e. The van der Waals surface area contributed by atoms with Crippen molar-refractivity contribution in [1.82, 2.24) is 0 Å². The molecule has 0 N–H and O–H groups in total. The molecule has 0 saturated carbocycles. The molecule has 0 heterocycles. The Balaban J connectivity index is 3.18. The largest absolute Gasteiger partial charge is 0.496 e. The van der Waals surface area contributed by atoms with Crippen LogP contribution in [-0.2, 0) is 0 Å². The molecule has 0 aromatic heterocycles. The maximum Gasteiger partial charge on any atom is 0.269 e. The van der Waals surface area contributed by atoms with Gasteiger partial charge in [-0.1, -0.05) is 13.8 Å². The molecule has 1 unspecified atom stereocenters. The van der Waals surface area contributed by atoms with E-state index in [0.29, 0.717) is 0 Å². The van der Waals surface area contributed by atoms with Gasteiger partial charge in [-0.2, -0.15) is 0 Å². The molecule has 0 aliphatic heterocycles. The summed E-state index contributed by atoms with van der Waals surface area (Å²) >= 11 is 0. The third-order valence-corrected chi connectivity index (χ3v) is 2.57. The zero-order valence-electron chi connectivity index (χ0n) is 9.19. The molecule has 15 heavy (non-hydrogen) atoms. The van der Waals surface area contributed by atoms with Gasteiger partial charge in [0.25, 0.3) is 5.69 Å². The van der Waals surface area contributed by atoms with E-state index < -0.39 is 0 Å². The Morgan fingerprint density at radius 3 is 2.67 bits per heavy atom. The lowest BCUT2D eigenvalue weighted by Crippen LogP contribution is -1.98. The molecule has 1 rings (SSSR count). The Bertz CT molecular complexity index is 363. The first-order chi connectivity index (χ1) is 7.10. The first-order valence-corrected chi connectivity index (χ1v) is 4.92. The lowest BCUT2D eigenvalue weighted by atomic mass is 9.97. The highest BCUT2D eigenvalue weighted by Gasteiger charge is 2.14. The lowest BCUT2D eigenvalue weighted by molar-refractivity contribution is -0.385. The van der Waals surface area contributed by atoms with Crippen molar-refractivity contribution in [2.24, 2.45) is 0 Å². The normalized spacial score (nSPS) is 12.2. The minimum absolute atomic E-state index is 0.117. The number of methoxy groups -OCH3 is 1. The zero-order valence-corrected chi connectivity index (χ0v) is 9.19. The van der Waals surface area contributed by atoms with Gasteiger partial charge in [-0.05, 0) is 18.4 Å². The SMILES string of the molecule is CCC(C)c1cc([N+](=O)[O-])ccc1OC. The number of ether oxygens (including phenoxy) is 1. The molecule has 0 aliphatic rings. The fraction of sp³-hybridized carbons (Fsp3) is 0.455. The van der Waals surface area contributed by atoms with Crippen LogP contribution in [-0.4, -0.2) is 12.0 Å². The second kappa shape index (κ2) is 4.77. The Labute approximate surface area is 89.0 Å². The van der Waals surface area contributed by atoms with Crippen molar-refractivity contribution in [2.45, 2.75) is 26.2 Å². The van der Waals surface area contributed by atoms with E-state index in [1.54, 1.807) is 19.2 Å². The van der Waals surface area contributed by atoms with E-state index in [-0.39, 0.29) is 16.5 Å². The van der Waals surface area contributed by atoms with Gasteiger partial charge >= 0.3 is 0 Å². The molecule has 1 atom stereocenters. The number of benzene rings is 1. The molecule has 1 aromatic carbocycles. The molecule has 4 heteroatoms. The summed E-state index contributed by atoms with van der Waals surface area (Å²) in [5, 5.41) is 10.6. The van der Waals surface area contributed by atoms with Crippen molar-refractivity contribution in [3.8, 4) is 5.75 Å². The summed E-state index contributed by atoms with van der Waals surface area (Å²) in [5.41, 5.74) is 1.01. The molecule has 4 nitrogen and oxygen atoms in total. The van der Waals surface area contributed by atoms with Crippen LogP contribution in [0.3, 0.4) is 0 Å². The molecule has 0 spiro atoms. The highest BCUT2D eigenvalue weighted by atomic mass is 16.6. The Morgan fingerprint density at radius 2 is 2.20 bits per heavy atom. The van der Waals surface area contributed by atoms with Crippen molar-refractivity contribution in [1.29, 1.82) is 0 Å². The van der Waals surface area contributed by atoms with Crippen LogP contribution in [0.15, 0.2) is 18.2 Å². The van der Waals surface area contributed by atoms with Crippen LogP contribution in [0.1, 0.15) is 31.7 Å². The Kier molecular flexibility index (Phi) is 3.66. The minimum atomic E-state index is -0.384. The number of nitro benzene ring substituents is 1. The third kappa shape index (κ3) is 2.46. The molecule has 0 bridgehead atoms. The van der Waals surface area contributed by atoms with E-state index in [1.807, 2.05) is 13.8 Å². The second-order valence-electron chi connectivity index (χ2n) is 3.49. The number of hydrogen-bond acceptors (Lipinski definition) is 3. The zero-order chi connectivity index (χ0) is 11.4. The summed E-state index contributed by atoms with van der Waals surface area (Å²) < 4.78 is 5.18. The second-order valence-corrected chi connectivity index (χ2v) is 3.49. The molecule has 82 valence electrons. The molecule has 0 aliphatic carbocycles. The molecular weight excluding hydrogens is 194 g/mol. The predicted molar refractivity (Wildman–Crippen MR) is 58.4 cm³/mol. The quantitative estimate of drug-likeness (QED) is 0.565. The molecule has 0 saturated heterocycles. The number of hydrogen-bond donors (Lipinski definition) is 0. The number of nitro groups is 1. The van der Waals surface area contributed by atoms with Crippen molar-refractivity contribution < 1.29 is 9.66 Å². The summed E-state index contributed by atoms with van der Waals surface area (Å²) in [6.07, 6.45) is 0.928. The molecule has 0 amide bonds. The van der Waals surface area contributed by atoms with Crippen LogP contribution in [0, 0.1) is 10.1 Å². The first-order valence-electron chi connectivity index (χ1n) is 4.92. The van der Waals surface area contributed by atoms with E-state index in [4.69, 9.17) is 4.74 Å². The number of rotatable bonds is 4. The van der Waals surface area contributed by atoms with Gasteiger partial charge in [0.2, 0.25) is 0 Å². The average Bonchev–Trinajstić information content (AvgIpc) is 2.27. The first kappa shape index (κ1) is 11.5. The predicted octanol–water partition coefficient (Wildman–Crippen LogP) is 3.12. The van der Waals surface area contributed by atoms with Crippen molar-refractivity contribution in [2.75, 3.05) is 7.11 Å². The van der Waals surface area contributed by atoms with Gasteiger partial charge in [-0.3, -0.25) is 10.1 Å². The monoisotopic (exact) mass is 209 g/mol. The van der Waals surface area contributed by atoms with Gasteiger partial charge in [-0.15, -0.1) is 0 Å². The topological polar surface area (TPSA) is 52.4 Å². The van der Waals surface area contributed by atoms with Gasteiger partial charge in [0.15, 0.2) is 0 Å². The van der Waals surface area contributed by atoms with E-state index >= 15 is 0 Å². The van der Waals surface area contributed by atoms with Crippen LogP contribution in [0.5, 0.6) is 5.75 Å². The highest BCUT2D eigenvalue weighted by molar-refractivity contribution is 5.45. The van der Waals surface area contributed by atoms with E-state index in [9.17, 15) is 10.1 Å². The summed E-state index contributed by atoms with van der Waals surface area (Å²) in [7, 11) is 1.58. The summed E-state index contributed by atoms with van der Waals surface area (Å²) in [6.45, 7) is 4.07. The Hall–Kier alpha value is -1.58. The van der Waals surface area contributed by atoms with Crippen LogP contribution in [0.4, 0.5) is 5.69 Å². The van der Waals surface area contributed by atoms with Gasteiger partial charge in [-0.25, -0.2) is 0 Å². The molecule has 0 fully saturated rings. The van der Waals surface area contributed by atoms with Crippen molar-refractivity contribution in [3.05, 3.63) is 33.9 Å². The van der Waals surface area contributed by atoms with Crippen molar-refractivity contribution >= 4 is 5.69 Å². The van der Waals surface area contributed by atoms with Gasteiger partial charge in [0.1, 0.15) is 5.75 Å².